The molecule has 0 radical (unpaired) electrons. The predicted molar refractivity (Wildman–Crippen MR) is 68.2 cm³/mol. The van der Waals surface area contributed by atoms with Crippen LogP contribution in [-0.2, 0) is 0 Å². The lowest BCUT2D eigenvalue weighted by Gasteiger charge is -2.33. The Balaban J connectivity index is 2.04. The number of nitrogens with two attached hydrogens (primary N) is 1. The van der Waals surface area contributed by atoms with Gasteiger partial charge in [0.25, 0.3) is 5.91 Å². The Morgan fingerprint density at radius 1 is 1.39 bits per heavy atom. The van der Waals surface area contributed by atoms with Gasteiger partial charge >= 0.3 is 0 Å². The fourth-order valence-corrected chi connectivity index (χ4v) is 2.40. The minimum absolute atomic E-state index is 0.0138. The highest BCUT2D eigenvalue weighted by Crippen LogP contribution is 2.22. The molecular formula is C13H19N3O2. The Morgan fingerprint density at radius 3 is 2.67 bits per heavy atom. The van der Waals surface area contributed by atoms with E-state index in [1.54, 1.807) is 11.9 Å². The van der Waals surface area contributed by atoms with Crippen LogP contribution in [0.4, 0.5) is 0 Å². The molecule has 1 aliphatic carbocycles. The van der Waals surface area contributed by atoms with Gasteiger partial charge < -0.3 is 15.7 Å². The zero-order valence-corrected chi connectivity index (χ0v) is 10.5. The van der Waals surface area contributed by atoms with E-state index in [2.05, 4.69) is 4.98 Å². The van der Waals surface area contributed by atoms with Crippen LogP contribution in [0.15, 0.2) is 18.5 Å². The third kappa shape index (κ3) is 2.79. The smallest absolute Gasteiger partial charge is 0.255 e. The first-order chi connectivity index (χ1) is 8.58. The number of hydrogen-bond acceptors (Lipinski definition) is 4. The number of hydrogen-bond donors (Lipinski definition) is 2. The Bertz CT molecular complexity index is 428. The summed E-state index contributed by atoms with van der Waals surface area (Å²) in [6, 6.07) is 1.95. The zero-order chi connectivity index (χ0) is 13.1. The van der Waals surface area contributed by atoms with Crippen molar-refractivity contribution in [3.63, 3.8) is 0 Å². The summed E-state index contributed by atoms with van der Waals surface area (Å²) in [5.41, 5.74) is 6.28. The van der Waals surface area contributed by atoms with Crippen molar-refractivity contribution >= 4 is 5.91 Å². The van der Waals surface area contributed by atoms with E-state index in [0.717, 1.165) is 25.7 Å². The summed E-state index contributed by atoms with van der Waals surface area (Å²) in [5.74, 6) is -0.0845. The normalized spacial score (nSPS) is 23.7. The van der Waals surface area contributed by atoms with Crippen LogP contribution in [0.2, 0.25) is 0 Å². The molecule has 5 heteroatoms. The maximum absolute atomic E-state index is 12.2. The molecule has 2 rings (SSSR count). The highest BCUT2D eigenvalue weighted by atomic mass is 16.3. The van der Waals surface area contributed by atoms with Gasteiger partial charge in [0.2, 0.25) is 0 Å². The van der Waals surface area contributed by atoms with Gasteiger partial charge in [0, 0.05) is 25.3 Å². The van der Waals surface area contributed by atoms with Crippen LogP contribution in [0.1, 0.15) is 36.0 Å². The quantitative estimate of drug-likeness (QED) is 0.823. The first-order valence-corrected chi connectivity index (χ1v) is 6.24. The van der Waals surface area contributed by atoms with Crippen molar-refractivity contribution in [1.29, 1.82) is 0 Å². The Morgan fingerprint density at radius 2 is 2.06 bits per heavy atom. The highest BCUT2D eigenvalue weighted by Gasteiger charge is 2.25. The molecule has 98 valence electrons. The molecule has 0 saturated heterocycles. The third-order valence-corrected chi connectivity index (χ3v) is 3.58. The molecule has 0 aliphatic heterocycles. The Kier molecular flexibility index (Phi) is 3.81. The molecule has 1 aromatic heterocycles. The molecule has 0 atom stereocenters. The molecule has 1 heterocycles. The number of amides is 1. The maximum atomic E-state index is 12.2. The second-order valence-corrected chi connectivity index (χ2v) is 4.92. The van der Waals surface area contributed by atoms with Crippen molar-refractivity contribution in [3.8, 4) is 5.75 Å². The minimum atomic E-state index is -0.0983. The lowest BCUT2D eigenvalue weighted by atomic mass is 9.91. The Hall–Kier alpha value is -1.62. The van der Waals surface area contributed by atoms with Gasteiger partial charge in [0.05, 0.1) is 11.8 Å². The van der Waals surface area contributed by atoms with Gasteiger partial charge in [0.1, 0.15) is 5.75 Å². The fraction of sp³-hybridized carbons (Fsp3) is 0.538. The molecule has 1 saturated carbocycles. The fourth-order valence-electron chi connectivity index (χ4n) is 2.40. The monoisotopic (exact) mass is 249 g/mol. The molecular weight excluding hydrogens is 230 g/mol. The van der Waals surface area contributed by atoms with Crippen LogP contribution < -0.4 is 5.73 Å². The highest BCUT2D eigenvalue weighted by molar-refractivity contribution is 5.94. The molecule has 5 nitrogen and oxygen atoms in total. The average molecular weight is 249 g/mol. The van der Waals surface area contributed by atoms with Crippen LogP contribution in [0.3, 0.4) is 0 Å². The van der Waals surface area contributed by atoms with Crippen molar-refractivity contribution in [3.05, 3.63) is 24.0 Å². The molecule has 1 fully saturated rings. The van der Waals surface area contributed by atoms with E-state index < -0.39 is 0 Å². The number of nitrogens with zero attached hydrogens (tertiary/aromatic N) is 2. The molecule has 18 heavy (non-hydrogen) atoms. The molecule has 0 aromatic carbocycles. The number of aromatic nitrogens is 1. The number of pyridine rings is 1. The van der Waals surface area contributed by atoms with E-state index in [1.165, 1.54) is 18.5 Å². The van der Waals surface area contributed by atoms with E-state index in [4.69, 9.17) is 5.73 Å². The van der Waals surface area contributed by atoms with E-state index >= 15 is 0 Å². The second-order valence-electron chi connectivity index (χ2n) is 4.92. The van der Waals surface area contributed by atoms with Crippen LogP contribution in [0.25, 0.3) is 0 Å². The minimum Gasteiger partial charge on any atom is -0.506 e. The van der Waals surface area contributed by atoms with Gasteiger partial charge in [-0.15, -0.1) is 0 Å². The maximum Gasteiger partial charge on any atom is 0.255 e. The molecule has 1 aromatic rings. The number of aromatic hydroxyl groups is 1. The standard InChI is InChI=1S/C13H19N3O2/c1-16(11-4-2-10(14)3-5-11)13(18)9-6-12(17)8-15-7-9/h6-8,10-11,17H,2-5,14H2,1H3. The number of carbonyl (C=O) groups excluding carboxylic acids is 1. The summed E-state index contributed by atoms with van der Waals surface area (Å²) in [6.45, 7) is 0. The topological polar surface area (TPSA) is 79.5 Å². The van der Waals surface area contributed by atoms with Gasteiger partial charge in [-0.2, -0.15) is 0 Å². The first kappa shape index (κ1) is 12.8. The first-order valence-electron chi connectivity index (χ1n) is 6.24. The lowest BCUT2D eigenvalue weighted by Crippen LogP contribution is -2.41. The van der Waals surface area contributed by atoms with E-state index in [9.17, 15) is 9.90 Å². The van der Waals surface area contributed by atoms with Crippen LogP contribution >= 0.6 is 0 Å². The lowest BCUT2D eigenvalue weighted by molar-refractivity contribution is 0.0689. The van der Waals surface area contributed by atoms with Crippen LogP contribution in [0.5, 0.6) is 5.75 Å². The van der Waals surface area contributed by atoms with Crippen LogP contribution in [-0.4, -0.2) is 40.0 Å². The summed E-state index contributed by atoms with van der Waals surface area (Å²) < 4.78 is 0. The average Bonchev–Trinajstić information content (AvgIpc) is 2.38. The van der Waals surface area contributed by atoms with Crippen molar-refractivity contribution in [2.75, 3.05) is 7.05 Å². The Labute approximate surface area is 107 Å². The molecule has 3 N–H and O–H groups in total. The van der Waals surface area contributed by atoms with E-state index in [0.29, 0.717) is 5.56 Å². The summed E-state index contributed by atoms with van der Waals surface area (Å²) >= 11 is 0. The van der Waals surface area contributed by atoms with Gasteiger partial charge in [0.15, 0.2) is 0 Å². The second kappa shape index (κ2) is 5.35. The molecule has 0 spiro atoms. The third-order valence-electron chi connectivity index (χ3n) is 3.58. The van der Waals surface area contributed by atoms with Crippen molar-refractivity contribution in [2.24, 2.45) is 5.73 Å². The molecule has 1 aliphatic rings. The van der Waals surface area contributed by atoms with Gasteiger partial charge in [-0.3, -0.25) is 9.78 Å². The molecule has 0 bridgehead atoms. The van der Waals surface area contributed by atoms with Crippen molar-refractivity contribution in [1.82, 2.24) is 9.88 Å². The van der Waals surface area contributed by atoms with Crippen molar-refractivity contribution in [2.45, 2.75) is 37.8 Å². The van der Waals surface area contributed by atoms with Crippen molar-refractivity contribution < 1.29 is 9.90 Å². The SMILES string of the molecule is CN(C(=O)c1cncc(O)c1)C1CCC(N)CC1. The summed E-state index contributed by atoms with van der Waals surface area (Å²) in [7, 11) is 1.80. The predicted octanol–water partition coefficient (Wildman–Crippen LogP) is 1.13. The van der Waals surface area contributed by atoms with Gasteiger partial charge in [-0.1, -0.05) is 0 Å². The number of carbonyl (C=O) groups is 1. The van der Waals surface area contributed by atoms with Gasteiger partial charge in [-0.05, 0) is 31.7 Å². The van der Waals surface area contributed by atoms with E-state index in [1.807, 2.05) is 0 Å². The van der Waals surface area contributed by atoms with E-state index in [-0.39, 0.29) is 23.7 Å². The summed E-state index contributed by atoms with van der Waals surface area (Å²) in [6.07, 6.45) is 6.59. The van der Waals surface area contributed by atoms with Gasteiger partial charge in [-0.25, -0.2) is 0 Å². The molecule has 0 unspecified atom stereocenters. The number of rotatable bonds is 2. The largest absolute Gasteiger partial charge is 0.506 e. The summed E-state index contributed by atoms with van der Waals surface area (Å²) in [4.78, 5) is 17.8. The summed E-state index contributed by atoms with van der Waals surface area (Å²) in [5, 5.41) is 9.34. The van der Waals surface area contributed by atoms with Crippen LogP contribution in [0, 0.1) is 0 Å². The molecule has 1 amide bonds. The zero-order valence-electron chi connectivity index (χ0n) is 10.5.